The largest absolute Gasteiger partial charge is 0.494 e. The summed E-state index contributed by atoms with van der Waals surface area (Å²) in [5.74, 6) is -2.58. The van der Waals surface area contributed by atoms with Crippen LogP contribution >= 0.6 is 24.4 Å². The van der Waals surface area contributed by atoms with E-state index < -0.39 is 34.8 Å². The Morgan fingerprint density at radius 3 is 1.49 bits per heavy atom. The normalized spacial score (nSPS) is 11.2. The zero-order valence-electron chi connectivity index (χ0n) is 21.3. The molecule has 0 saturated heterocycles. The van der Waals surface area contributed by atoms with Crippen molar-refractivity contribution in [1.82, 2.24) is 18.3 Å². The predicted octanol–water partition coefficient (Wildman–Crippen LogP) is 3.53. The van der Waals surface area contributed by atoms with Crippen molar-refractivity contribution in [2.75, 3.05) is 7.11 Å². The molecule has 3 aromatic rings. The number of methoxy groups -OCH3 is 1. The van der Waals surface area contributed by atoms with Gasteiger partial charge < -0.3 is 14.9 Å². The van der Waals surface area contributed by atoms with Gasteiger partial charge >= 0.3 is 5.97 Å². The molecule has 2 N–H and O–H groups in total. The summed E-state index contributed by atoms with van der Waals surface area (Å²) in [6, 6.07) is 6.08. The van der Waals surface area contributed by atoms with E-state index in [1.54, 1.807) is 39.8 Å². The van der Waals surface area contributed by atoms with Gasteiger partial charge in [0, 0.05) is 26.2 Å². The molecule has 0 aliphatic heterocycles. The van der Waals surface area contributed by atoms with Crippen LogP contribution in [0.2, 0.25) is 0 Å². The highest BCUT2D eigenvalue weighted by Crippen LogP contribution is 2.37. The second-order valence-electron chi connectivity index (χ2n) is 8.17. The van der Waals surface area contributed by atoms with Crippen LogP contribution in [0.3, 0.4) is 0 Å². The van der Waals surface area contributed by atoms with Gasteiger partial charge in [0.25, 0.3) is 11.1 Å². The number of hydrogen-bond acceptors (Lipinski definition) is 8. The number of aromatic nitrogens is 4. The lowest BCUT2D eigenvalue weighted by Crippen LogP contribution is -2.34. The zero-order chi connectivity index (χ0) is 27.6. The maximum absolute atomic E-state index is 13.7. The number of esters is 1. The SMILES string of the molecule is CCn1c(O)c(C(c2ccc(C(=O)OC)cc2)c2c(O)n(CC)c(=S)n(CC)c2=O)c(=O)n(CC)c1=S. The molecule has 12 heteroatoms. The quantitative estimate of drug-likeness (QED) is 0.325. The lowest BCUT2D eigenvalue weighted by atomic mass is 9.86. The Kier molecular flexibility index (Phi) is 8.54. The van der Waals surface area contributed by atoms with E-state index in [0.29, 0.717) is 5.56 Å². The van der Waals surface area contributed by atoms with Crippen molar-refractivity contribution < 1.29 is 19.7 Å². The molecule has 0 unspecified atom stereocenters. The summed E-state index contributed by atoms with van der Waals surface area (Å²) in [6.07, 6.45) is 0. The van der Waals surface area contributed by atoms with Crippen molar-refractivity contribution in [3.63, 3.8) is 0 Å². The Hall–Kier alpha value is -3.51. The number of hydrogen-bond donors (Lipinski definition) is 2. The molecule has 0 spiro atoms. The molecule has 0 amide bonds. The second kappa shape index (κ2) is 11.3. The molecule has 0 saturated carbocycles. The number of carbonyl (C=O) groups excluding carboxylic acids is 1. The van der Waals surface area contributed by atoms with Crippen molar-refractivity contribution >= 4 is 30.4 Å². The summed E-state index contributed by atoms with van der Waals surface area (Å²) in [5.41, 5.74) is -0.800. The summed E-state index contributed by atoms with van der Waals surface area (Å²) in [7, 11) is 1.26. The van der Waals surface area contributed by atoms with Crippen LogP contribution in [0.4, 0.5) is 0 Å². The molecule has 2 aromatic heterocycles. The average molecular weight is 547 g/mol. The van der Waals surface area contributed by atoms with Gasteiger partial charge in [-0.25, -0.2) is 4.79 Å². The second-order valence-corrected chi connectivity index (χ2v) is 8.90. The number of carbonyl (C=O) groups is 1. The third-order valence-electron chi connectivity index (χ3n) is 6.38. The molecule has 198 valence electrons. The molecule has 0 aliphatic rings. The lowest BCUT2D eigenvalue weighted by Gasteiger charge is -2.25. The average Bonchev–Trinajstić information content (AvgIpc) is 2.88. The summed E-state index contributed by atoms with van der Waals surface area (Å²) in [5, 5.41) is 22.6. The molecule has 0 bridgehead atoms. The summed E-state index contributed by atoms with van der Waals surface area (Å²) in [6.45, 7) is 8.00. The van der Waals surface area contributed by atoms with Gasteiger partial charge in [0.1, 0.15) is 0 Å². The molecule has 1 aromatic carbocycles. The fourth-order valence-corrected chi connectivity index (χ4v) is 5.31. The highest BCUT2D eigenvalue weighted by molar-refractivity contribution is 7.71. The fourth-order valence-electron chi connectivity index (χ4n) is 4.46. The van der Waals surface area contributed by atoms with Crippen LogP contribution in [-0.2, 0) is 30.9 Å². The third kappa shape index (κ3) is 4.66. The molecule has 2 heterocycles. The minimum atomic E-state index is -1.20. The highest BCUT2D eigenvalue weighted by atomic mass is 32.1. The molecule has 0 radical (unpaired) electrons. The van der Waals surface area contributed by atoms with E-state index in [1.807, 2.05) is 0 Å². The van der Waals surface area contributed by atoms with Crippen LogP contribution in [0, 0.1) is 9.54 Å². The van der Waals surface area contributed by atoms with E-state index in [9.17, 15) is 24.6 Å². The third-order valence-corrected chi connectivity index (χ3v) is 7.26. The Bertz CT molecular complexity index is 1490. The van der Waals surface area contributed by atoms with E-state index in [0.717, 1.165) is 0 Å². The number of nitrogens with zero attached hydrogens (tertiary/aromatic N) is 4. The van der Waals surface area contributed by atoms with E-state index >= 15 is 0 Å². The first kappa shape index (κ1) is 28.1. The molecule has 37 heavy (non-hydrogen) atoms. The van der Waals surface area contributed by atoms with Crippen molar-refractivity contribution in [3.05, 3.63) is 76.8 Å². The molecular weight excluding hydrogens is 516 g/mol. The van der Waals surface area contributed by atoms with Crippen LogP contribution in [0.25, 0.3) is 0 Å². The number of ether oxygens (including phenoxy) is 1. The van der Waals surface area contributed by atoms with Crippen LogP contribution in [-0.4, -0.2) is 41.6 Å². The van der Waals surface area contributed by atoms with Gasteiger partial charge in [-0.15, -0.1) is 0 Å². The Morgan fingerprint density at radius 2 is 1.16 bits per heavy atom. The summed E-state index contributed by atoms with van der Waals surface area (Å²) >= 11 is 10.9. The monoisotopic (exact) mass is 546 g/mol. The van der Waals surface area contributed by atoms with Gasteiger partial charge in [0.15, 0.2) is 9.54 Å². The molecular formula is C25H30N4O6S2. The first-order valence-corrected chi connectivity index (χ1v) is 12.7. The van der Waals surface area contributed by atoms with Crippen molar-refractivity contribution in [1.29, 1.82) is 0 Å². The fraction of sp³-hybridized carbons (Fsp3) is 0.400. The maximum atomic E-state index is 13.7. The van der Waals surface area contributed by atoms with Gasteiger partial charge in [0.05, 0.1) is 29.7 Å². The highest BCUT2D eigenvalue weighted by Gasteiger charge is 2.33. The van der Waals surface area contributed by atoms with E-state index in [4.69, 9.17) is 29.2 Å². The van der Waals surface area contributed by atoms with Crippen LogP contribution in [0.1, 0.15) is 60.7 Å². The van der Waals surface area contributed by atoms with Gasteiger partial charge in [0.2, 0.25) is 11.8 Å². The molecule has 3 rings (SSSR count). The van der Waals surface area contributed by atoms with Gasteiger partial charge in [-0.2, -0.15) is 0 Å². The Labute approximate surface area is 223 Å². The first-order chi connectivity index (χ1) is 17.6. The number of aromatic hydroxyl groups is 2. The maximum Gasteiger partial charge on any atom is 0.337 e. The lowest BCUT2D eigenvalue weighted by molar-refractivity contribution is 0.0600. The molecule has 0 aliphatic carbocycles. The van der Waals surface area contributed by atoms with Gasteiger partial charge in [-0.05, 0) is 69.8 Å². The van der Waals surface area contributed by atoms with Crippen molar-refractivity contribution in [2.24, 2.45) is 0 Å². The Balaban J connectivity index is 2.58. The van der Waals surface area contributed by atoms with Crippen molar-refractivity contribution in [3.8, 4) is 11.8 Å². The van der Waals surface area contributed by atoms with Gasteiger partial charge in [-0.1, -0.05) is 12.1 Å². The van der Waals surface area contributed by atoms with Crippen LogP contribution in [0.15, 0.2) is 33.9 Å². The van der Waals surface area contributed by atoms with Gasteiger partial charge in [-0.3, -0.25) is 27.9 Å². The standard InChI is InChI=1S/C25H30N4O6S2/c1-6-26-19(30)17(20(31)27(7-2)24(26)36)16(14-10-12-15(13-11-14)23(34)35-5)18-21(32)28(8-3)25(37)29(9-4)22(18)33/h10-13,16,30,32H,6-9H2,1-5H3. The van der Waals surface area contributed by atoms with E-state index in [2.05, 4.69) is 0 Å². The van der Waals surface area contributed by atoms with Crippen LogP contribution < -0.4 is 11.1 Å². The number of rotatable bonds is 8. The molecule has 10 nitrogen and oxygen atoms in total. The predicted molar refractivity (Wildman–Crippen MR) is 144 cm³/mol. The van der Waals surface area contributed by atoms with E-state index in [-0.39, 0.29) is 52.4 Å². The number of benzene rings is 1. The van der Waals surface area contributed by atoms with Crippen LogP contribution in [0.5, 0.6) is 11.8 Å². The zero-order valence-corrected chi connectivity index (χ0v) is 23.0. The minimum absolute atomic E-state index is 0.127. The minimum Gasteiger partial charge on any atom is -0.494 e. The van der Waals surface area contributed by atoms with E-state index in [1.165, 1.54) is 37.5 Å². The molecule has 0 atom stereocenters. The molecule has 0 fully saturated rings. The summed E-state index contributed by atoms with van der Waals surface area (Å²) in [4.78, 5) is 39.5. The summed E-state index contributed by atoms with van der Waals surface area (Å²) < 4.78 is 10.5. The first-order valence-electron chi connectivity index (χ1n) is 11.9. The smallest absolute Gasteiger partial charge is 0.337 e. The van der Waals surface area contributed by atoms with Crippen molar-refractivity contribution in [2.45, 2.75) is 59.8 Å². The topological polar surface area (TPSA) is 121 Å². The Morgan fingerprint density at radius 1 is 0.784 bits per heavy atom.